The largest absolute Gasteiger partial charge is 0.353 e. The van der Waals surface area contributed by atoms with Gasteiger partial charge < -0.3 is 10.6 Å². The van der Waals surface area contributed by atoms with Crippen LogP contribution in [-0.2, 0) is 0 Å². The Balaban J connectivity index is 1.99. The predicted octanol–water partition coefficient (Wildman–Crippen LogP) is 5.08. The highest BCUT2D eigenvalue weighted by Gasteiger charge is 2.24. The molecular formula is C17H13BrFN5O2. The molecule has 26 heavy (non-hydrogen) atoms. The Morgan fingerprint density at radius 3 is 2.50 bits per heavy atom. The van der Waals surface area contributed by atoms with E-state index in [2.05, 4.69) is 36.5 Å². The first-order valence-corrected chi connectivity index (χ1v) is 8.28. The summed E-state index contributed by atoms with van der Waals surface area (Å²) in [4.78, 5) is 18.8. The second-order valence-corrected chi connectivity index (χ2v) is 6.34. The van der Waals surface area contributed by atoms with Gasteiger partial charge in [0.25, 0.3) is 0 Å². The third-order valence-electron chi connectivity index (χ3n) is 3.47. The van der Waals surface area contributed by atoms with E-state index in [0.29, 0.717) is 10.2 Å². The van der Waals surface area contributed by atoms with Crippen molar-refractivity contribution >= 4 is 44.6 Å². The summed E-state index contributed by atoms with van der Waals surface area (Å²) in [6.45, 7) is 1.91. The first-order valence-electron chi connectivity index (χ1n) is 7.49. The van der Waals surface area contributed by atoms with E-state index in [-0.39, 0.29) is 23.0 Å². The summed E-state index contributed by atoms with van der Waals surface area (Å²) >= 11 is 3.16. The quantitative estimate of drug-likeness (QED) is 0.443. The Bertz CT molecular complexity index is 983. The van der Waals surface area contributed by atoms with Crippen LogP contribution < -0.4 is 10.6 Å². The molecule has 0 saturated carbocycles. The van der Waals surface area contributed by atoms with Crippen molar-refractivity contribution in [1.82, 2.24) is 9.97 Å². The molecule has 0 aliphatic rings. The van der Waals surface area contributed by atoms with Gasteiger partial charge in [0.15, 0.2) is 0 Å². The van der Waals surface area contributed by atoms with E-state index in [0.717, 1.165) is 5.56 Å². The van der Waals surface area contributed by atoms with Crippen molar-refractivity contribution in [2.45, 2.75) is 6.92 Å². The van der Waals surface area contributed by atoms with E-state index >= 15 is 0 Å². The summed E-state index contributed by atoms with van der Waals surface area (Å²) in [5, 5.41) is 17.1. The molecule has 0 unspecified atom stereocenters. The number of benzene rings is 2. The standard InChI is InChI=1S/C17H13BrFN5O2/c1-10-3-2-4-12(7-10)22-16-15(24(25)26)17(21-9-20-16)23-14-6-5-11(18)8-13(14)19/h2-9H,1H3,(H2,20,21,22,23). The number of hydrogen-bond acceptors (Lipinski definition) is 6. The van der Waals surface area contributed by atoms with Gasteiger partial charge in [0.1, 0.15) is 12.1 Å². The minimum Gasteiger partial charge on any atom is -0.334 e. The molecule has 9 heteroatoms. The van der Waals surface area contributed by atoms with Crippen LogP contribution in [0, 0.1) is 22.9 Å². The molecule has 3 aromatic rings. The van der Waals surface area contributed by atoms with E-state index in [4.69, 9.17) is 0 Å². The van der Waals surface area contributed by atoms with Crippen molar-refractivity contribution in [3.8, 4) is 0 Å². The van der Waals surface area contributed by atoms with Gasteiger partial charge in [0, 0.05) is 10.2 Å². The maximum absolute atomic E-state index is 14.0. The molecule has 0 bridgehead atoms. The van der Waals surface area contributed by atoms with E-state index in [1.54, 1.807) is 12.1 Å². The monoisotopic (exact) mass is 417 g/mol. The molecule has 132 valence electrons. The Morgan fingerprint density at radius 1 is 1.12 bits per heavy atom. The second kappa shape index (κ2) is 7.44. The molecule has 0 amide bonds. The number of hydrogen-bond donors (Lipinski definition) is 2. The second-order valence-electron chi connectivity index (χ2n) is 5.42. The molecule has 0 aliphatic heterocycles. The molecule has 0 aliphatic carbocycles. The van der Waals surface area contributed by atoms with Crippen LogP contribution in [0.3, 0.4) is 0 Å². The lowest BCUT2D eigenvalue weighted by molar-refractivity contribution is -0.383. The molecule has 1 heterocycles. The van der Waals surface area contributed by atoms with Gasteiger partial charge in [-0.1, -0.05) is 28.1 Å². The zero-order valence-corrected chi connectivity index (χ0v) is 15.1. The van der Waals surface area contributed by atoms with Crippen LogP contribution in [0.1, 0.15) is 5.56 Å². The van der Waals surface area contributed by atoms with Gasteiger partial charge in [0.2, 0.25) is 11.6 Å². The van der Waals surface area contributed by atoms with Crippen LogP contribution in [0.25, 0.3) is 0 Å². The molecule has 0 spiro atoms. The van der Waals surface area contributed by atoms with Gasteiger partial charge in [0.05, 0.1) is 10.6 Å². The summed E-state index contributed by atoms with van der Waals surface area (Å²) in [6.07, 6.45) is 1.17. The van der Waals surface area contributed by atoms with Crippen molar-refractivity contribution < 1.29 is 9.31 Å². The highest BCUT2D eigenvalue weighted by Crippen LogP contribution is 2.34. The number of nitro groups is 1. The highest BCUT2D eigenvalue weighted by atomic mass is 79.9. The summed E-state index contributed by atoms with van der Waals surface area (Å²) in [6, 6.07) is 11.6. The number of nitrogens with zero attached hydrogens (tertiary/aromatic N) is 3. The SMILES string of the molecule is Cc1cccc(Nc2ncnc(Nc3ccc(Br)cc3F)c2[N+](=O)[O-])c1. The summed E-state index contributed by atoms with van der Waals surface area (Å²) in [7, 11) is 0. The number of rotatable bonds is 5. The molecule has 1 aromatic heterocycles. The maximum atomic E-state index is 14.0. The summed E-state index contributed by atoms with van der Waals surface area (Å²) in [5.41, 5.74) is 1.32. The average Bonchev–Trinajstić information content (AvgIpc) is 2.57. The summed E-state index contributed by atoms with van der Waals surface area (Å²) in [5.74, 6) is -0.669. The van der Waals surface area contributed by atoms with Crippen molar-refractivity contribution in [3.05, 3.63) is 74.8 Å². The third kappa shape index (κ3) is 3.94. The lowest BCUT2D eigenvalue weighted by Gasteiger charge is -2.11. The molecule has 0 atom stereocenters. The lowest BCUT2D eigenvalue weighted by atomic mass is 10.2. The Kier molecular flexibility index (Phi) is 5.08. The van der Waals surface area contributed by atoms with Gasteiger partial charge in [-0.15, -0.1) is 0 Å². The first-order chi connectivity index (χ1) is 12.4. The number of nitrogens with one attached hydrogen (secondary N) is 2. The van der Waals surface area contributed by atoms with Crippen molar-refractivity contribution in [2.24, 2.45) is 0 Å². The zero-order chi connectivity index (χ0) is 18.7. The fourth-order valence-electron chi connectivity index (χ4n) is 2.31. The Morgan fingerprint density at radius 2 is 1.85 bits per heavy atom. The lowest BCUT2D eigenvalue weighted by Crippen LogP contribution is -2.06. The van der Waals surface area contributed by atoms with Crippen LogP contribution in [0.4, 0.5) is 33.1 Å². The van der Waals surface area contributed by atoms with Gasteiger partial charge in [-0.25, -0.2) is 14.4 Å². The van der Waals surface area contributed by atoms with Crippen molar-refractivity contribution in [1.29, 1.82) is 0 Å². The minimum absolute atomic E-state index is 0.00983. The number of halogens is 2. The van der Waals surface area contributed by atoms with E-state index in [1.165, 1.54) is 18.5 Å². The number of anilines is 4. The maximum Gasteiger partial charge on any atom is 0.353 e. The van der Waals surface area contributed by atoms with Crippen LogP contribution in [0.5, 0.6) is 0 Å². The van der Waals surface area contributed by atoms with Crippen LogP contribution in [-0.4, -0.2) is 14.9 Å². The third-order valence-corrected chi connectivity index (χ3v) is 3.96. The van der Waals surface area contributed by atoms with Gasteiger partial charge in [-0.3, -0.25) is 10.1 Å². The van der Waals surface area contributed by atoms with E-state index < -0.39 is 10.7 Å². The van der Waals surface area contributed by atoms with Crippen LogP contribution in [0.2, 0.25) is 0 Å². The molecule has 2 aromatic carbocycles. The topological polar surface area (TPSA) is 93.0 Å². The molecule has 2 N–H and O–H groups in total. The van der Waals surface area contributed by atoms with E-state index in [1.807, 2.05) is 25.1 Å². The Hall–Kier alpha value is -3.07. The number of aryl methyl sites for hydroxylation is 1. The smallest absolute Gasteiger partial charge is 0.334 e. The Labute approximate surface area is 156 Å². The van der Waals surface area contributed by atoms with Crippen LogP contribution in [0.15, 0.2) is 53.3 Å². The van der Waals surface area contributed by atoms with Crippen LogP contribution >= 0.6 is 15.9 Å². The molecule has 0 fully saturated rings. The summed E-state index contributed by atoms with van der Waals surface area (Å²) < 4.78 is 14.6. The minimum atomic E-state index is -0.614. The first kappa shape index (κ1) is 17.7. The van der Waals surface area contributed by atoms with Gasteiger partial charge in [-0.2, -0.15) is 0 Å². The highest BCUT2D eigenvalue weighted by molar-refractivity contribution is 9.10. The fourth-order valence-corrected chi connectivity index (χ4v) is 2.65. The number of aromatic nitrogens is 2. The zero-order valence-electron chi connectivity index (χ0n) is 13.5. The molecule has 7 nitrogen and oxygen atoms in total. The average molecular weight is 418 g/mol. The molecule has 0 radical (unpaired) electrons. The van der Waals surface area contributed by atoms with Crippen molar-refractivity contribution in [2.75, 3.05) is 10.6 Å². The van der Waals surface area contributed by atoms with Gasteiger partial charge >= 0.3 is 5.69 Å². The normalized spacial score (nSPS) is 10.4. The van der Waals surface area contributed by atoms with Crippen molar-refractivity contribution in [3.63, 3.8) is 0 Å². The fraction of sp³-hybridized carbons (Fsp3) is 0.0588. The van der Waals surface area contributed by atoms with E-state index in [9.17, 15) is 14.5 Å². The molecule has 0 saturated heterocycles. The molecular weight excluding hydrogens is 405 g/mol. The predicted molar refractivity (Wildman–Crippen MR) is 101 cm³/mol. The van der Waals surface area contributed by atoms with Gasteiger partial charge in [-0.05, 0) is 42.8 Å². The molecule has 3 rings (SSSR count).